The molecule has 0 unspecified atom stereocenters. The van der Waals surface area contributed by atoms with Crippen LogP contribution in [0.4, 0.5) is 0 Å². The molecule has 1 aromatic carbocycles. The molecule has 2 aromatic heterocycles. The van der Waals surface area contributed by atoms with Gasteiger partial charge in [-0.15, -0.1) is 10.2 Å². The van der Waals surface area contributed by atoms with Crippen LogP contribution in [0.15, 0.2) is 46.4 Å². The van der Waals surface area contributed by atoms with Gasteiger partial charge in [0.15, 0.2) is 5.16 Å². The molecule has 24 heavy (non-hydrogen) atoms. The molecule has 0 saturated carbocycles. The number of nitrogens with zero attached hydrogens (tertiary/aromatic N) is 3. The predicted octanol–water partition coefficient (Wildman–Crippen LogP) is 3.90. The summed E-state index contributed by atoms with van der Waals surface area (Å²) in [5.41, 5.74) is 2.62. The van der Waals surface area contributed by atoms with Crippen molar-refractivity contribution in [1.29, 1.82) is 0 Å². The Morgan fingerprint density at radius 3 is 3.00 bits per heavy atom. The van der Waals surface area contributed by atoms with E-state index in [9.17, 15) is 4.79 Å². The highest BCUT2D eigenvalue weighted by Crippen LogP contribution is 2.27. The average Bonchev–Trinajstić information content (AvgIpc) is 3.23. The molecular formula is C16H14ClN3O3S. The Kier molecular flexibility index (Phi) is 4.92. The summed E-state index contributed by atoms with van der Waals surface area (Å²) in [5, 5.41) is 9.45. The normalized spacial score (nSPS) is 10.8. The van der Waals surface area contributed by atoms with Gasteiger partial charge in [-0.25, -0.2) is 4.79 Å². The van der Waals surface area contributed by atoms with Gasteiger partial charge < -0.3 is 9.15 Å². The summed E-state index contributed by atoms with van der Waals surface area (Å²) in [6, 6.07) is 7.49. The van der Waals surface area contributed by atoms with Gasteiger partial charge in [0.1, 0.15) is 6.33 Å². The molecule has 0 aliphatic rings. The summed E-state index contributed by atoms with van der Waals surface area (Å²) in [6.07, 6.45) is 3.09. The molecular weight excluding hydrogens is 350 g/mol. The van der Waals surface area contributed by atoms with Gasteiger partial charge in [0.05, 0.1) is 19.1 Å². The van der Waals surface area contributed by atoms with Crippen molar-refractivity contribution in [3.05, 3.63) is 58.8 Å². The van der Waals surface area contributed by atoms with Gasteiger partial charge in [0.2, 0.25) is 5.76 Å². The minimum absolute atomic E-state index is 0.203. The number of carbonyl (C=O) groups is 1. The minimum atomic E-state index is -0.498. The number of ether oxygens (including phenoxy) is 1. The molecule has 124 valence electrons. The van der Waals surface area contributed by atoms with E-state index in [1.807, 2.05) is 29.7 Å². The second-order valence-electron chi connectivity index (χ2n) is 4.97. The van der Waals surface area contributed by atoms with Crippen LogP contribution >= 0.6 is 23.4 Å². The lowest BCUT2D eigenvalue weighted by Gasteiger charge is -2.08. The maximum Gasteiger partial charge on any atom is 0.374 e. The Bertz CT molecular complexity index is 875. The second kappa shape index (κ2) is 7.11. The fourth-order valence-corrected chi connectivity index (χ4v) is 3.18. The van der Waals surface area contributed by atoms with Crippen LogP contribution in [0.5, 0.6) is 0 Å². The number of halogens is 1. The second-order valence-corrected chi connectivity index (χ2v) is 6.32. The standard InChI is InChI=1S/C16H14ClN3O3S/c1-10-3-4-12(7-13(10)17)20-9-18-19-16(20)24-8-11-5-6-23-14(11)15(21)22-2/h3-7,9H,8H2,1-2H3. The molecule has 0 spiro atoms. The molecule has 6 nitrogen and oxygen atoms in total. The lowest BCUT2D eigenvalue weighted by Crippen LogP contribution is -2.02. The molecule has 3 aromatic rings. The largest absolute Gasteiger partial charge is 0.463 e. The van der Waals surface area contributed by atoms with Crippen molar-refractivity contribution in [1.82, 2.24) is 14.8 Å². The van der Waals surface area contributed by atoms with E-state index in [0.29, 0.717) is 15.9 Å². The molecule has 0 saturated heterocycles. The van der Waals surface area contributed by atoms with Crippen molar-refractivity contribution in [2.45, 2.75) is 17.8 Å². The van der Waals surface area contributed by atoms with Gasteiger partial charge in [-0.2, -0.15) is 0 Å². The predicted molar refractivity (Wildman–Crippen MR) is 90.7 cm³/mol. The highest BCUT2D eigenvalue weighted by molar-refractivity contribution is 7.98. The number of methoxy groups -OCH3 is 1. The van der Waals surface area contributed by atoms with Gasteiger partial charge in [0.25, 0.3) is 0 Å². The fourth-order valence-electron chi connectivity index (χ4n) is 2.09. The van der Waals surface area contributed by atoms with Crippen molar-refractivity contribution in [3.8, 4) is 5.69 Å². The molecule has 2 heterocycles. The number of esters is 1. The first kappa shape index (κ1) is 16.6. The number of hydrogen-bond acceptors (Lipinski definition) is 6. The van der Waals surface area contributed by atoms with E-state index >= 15 is 0 Å². The topological polar surface area (TPSA) is 70.2 Å². The number of carbonyl (C=O) groups excluding carboxylic acids is 1. The van der Waals surface area contributed by atoms with Crippen LogP contribution in [0, 0.1) is 6.92 Å². The quantitative estimate of drug-likeness (QED) is 0.505. The maximum absolute atomic E-state index is 11.6. The van der Waals surface area contributed by atoms with E-state index in [0.717, 1.165) is 16.8 Å². The Morgan fingerprint density at radius 2 is 2.25 bits per heavy atom. The van der Waals surface area contributed by atoms with Crippen molar-refractivity contribution in [2.24, 2.45) is 0 Å². The molecule has 8 heteroatoms. The van der Waals surface area contributed by atoms with Crippen molar-refractivity contribution in [3.63, 3.8) is 0 Å². The molecule has 0 bridgehead atoms. The first-order valence-corrected chi connectivity index (χ1v) is 8.40. The third-order valence-corrected chi connectivity index (χ3v) is 4.82. The molecule has 0 amide bonds. The van der Waals surface area contributed by atoms with Crippen LogP contribution in [-0.2, 0) is 10.5 Å². The highest BCUT2D eigenvalue weighted by atomic mass is 35.5. The first-order valence-electron chi connectivity index (χ1n) is 7.04. The molecule has 0 atom stereocenters. The average molecular weight is 364 g/mol. The van der Waals surface area contributed by atoms with Gasteiger partial charge >= 0.3 is 5.97 Å². The molecule has 0 fully saturated rings. The first-order chi connectivity index (χ1) is 11.6. The third-order valence-electron chi connectivity index (χ3n) is 3.42. The molecule has 3 rings (SSSR count). The number of aromatic nitrogens is 3. The maximum atomic E-state index is 11.6. The van der Waals surface area contributed by atoms with Crippen molar-refractivity contribution in [2.75, 3.05) is 7.11 Å². The van der Waals surface area contributed by atoms with Gasteiger partial charge in [-0.05, 0) is 30.7 Å². The summed E-state index contributed by atoms with van der Waals surface area (Å²) in [6.45, 7) is 1.95. The molecule has 0 N–H and O–H groups in total. The van der Waals surface area contributed by atoms with Crippen LogP contribution < -0.4 is 0 Å². The van der Waals surface area contributed by atoms with Crippen LogP contribution in [0.2, 0.25) is 5.02 Å². The molecule has 0 radical (unpaired) electrons. The summed E-state index contributed by atoms with van der Waals surface area (Å²) in [7, 11) is 1.32. The van der Waals surface area contributed by atoms with E-state index in [2.05, 4.69) is 10.2 Å². The van der Waals surface area contributed by atoms with E-state index in [-0.39, 0.29) is 5.76 Å². The molecule has 0 aliphatic carbocycles. The zero-order valence-corrected chi connectivity index (χ0v) is 14.6. The summed E-state index contributed by atoms with van der Waals surface area (Å²) in [4.78, 5) is 11.6. The number of hydrogen-bond donors (Lipinski definition) is 0. The Morgan fingerprint density at radius 1 is 1.42 bits per heavy atom. The summed E-state index contributed by atoms with van der Waals surface area (Å²) < 4.78 is 11.7. The van der Waals surface area contributed by atoms with E-state index in [1.54, 1.807) is 12.4 Å². The SMILES string of the molecule is COC(=O)c1occc1CSc1nncn1-c1ccc(C)c(Cl)c1. The third kappa shape index (κ3) is 3.32. The van der Waals surface area contributed by atoms with E-state index in [4.69, 9.17) is 20.8 Å². The summed E-state index contributed by atoms with van der Waals surface area (Å²) in [5.74, 6) is 0.205. The van der Waals surface area contributed by atoms with Crippen LogP contribution in [-0.4, -0.2) is 27.8 Å². The number of furan rings is 1. The zero-order valence-electron chi connectivity index (χ0n) is 13.0. The molecule has 0 aliphatic heterocycles. The Balaban J connectivity index is 1.80. The zero-order chi connectivity index (χ0) is 17.1. The number of aryl methyl sites for hydroxylation is 1. The Labute approximate surface area is 147 Å². The van der Waals surface area contributed by atoms with Gasteiger partial charge in [-0.3, -0.25) is 4.57 Å². The summed E-state index contributed by atoms with van der Waals surface area (Å²) >= 11 is 7.63. The van der Waals surface area contributed by atoms with E-state index in [1.165, 1.54) is 25.1 Å². The lowest BCUT2D eigenvalue weighted by atomic mass is 10.2. The van der Waals surface area contributed by atoms with E-state index < -0.39 is 5.97 Å². The van der Waals surface area contributed by atoms with Crippen LogP contribution in [0.1, 0.15) is 21.7 Å². The smallest absolute Gasteiger partial charge is 0.374 e. The fraction of sp³-hybridized carbons (Fsp3) is 0.188. The van der Waals surface area contributed by atoms with Gasteiger partial charge in [-0.1, -0.05) is 29.4 Å². The highest BCUT2D eigenvalue weighted by Gasteiger charge is 2.17. The number of thioether (sulfide) groups is 1. The minimum Gasteiger partial charge on any atom is -0.463 e. The van der Waals surface area contributed by atoms with Gasteiger partial charge in [0, 0.05) is 16.3 Å². The van der Waals surface area contributed by atoms with Crippen molar-refractivity contribution < 1.29 is 13.9 Å². The number of rotatable bonds is 5. The van der Waals surface area contributed by atoms with Crippen LogP contribution in [0.3, 0.4) is 0 Å². The number of benzene rings is 1. The Hall–Kier alpha value is -2.25. The monoisotopic (exact) mass is 363 g/mol. The van der Waals surface area contributed by atoms with Crippen LogP contribution in [0.25, 0.3) is 5.69 Å². The van der Waals surface area contributed by atoms with Crippen molar-refractivity contribution >= 4 is 29.3 Å². The lowest BCUT2D eigenvalue weighted by molar-refractivity contribution is 0.0564.